The summed E-state index contributed by atoms with van der Waals surface area (Å²) in [6.45, 7) is 5.58. The normalized spacial score (nSPS) is 10.5. The molecule has 0 fully saturated rings. The molecule has 1 aromatic carbocycles. The molecule has 0 aliphatic heterocycles. The van der Waals surface area contributed by atoms with E-state index in [1.165, 1.54) is 12.1 Å². The zero-order valence-electron chi connectivity index (χ0n) is 9.51. The van der Waals surface area contributed by atoms with Gasteiger partial charge in [-0.25, -0.2) is 4.39 Å². The molecular weight excluding hydrogens is 219 g/mol. The number of benzene rings is 1. The highest BCUT2D eigenvalue weighted by molar-refractivity contribution is 5.92. The van der Waals surface area contributed by atoms with Crippen molar-refractivity contribution in [1.82, 2.24) is 10.3 Å². The molecule has 1 heterocycles. The van der Waals surface area contributed by atoms with E-state index in [9.17, 15) is 9.18 Å². The Labute approximate surface area is 98.3 Å². The summed E-state index contributed by atoms with van der Waals surface area (Å²) in [5.41, 5.74) is 2.15. The SMILES string of the molecule is C=C(C)C(=O)NCc1cc2cc(F)ccc2[nH]1. The lowest BCUT2D eigenvalue weighted by atomic mass is 10.2. The molecular formula is C13H13FN2O. The van der Waals surface area contributed by atoms with Crippen LogP contribution in [0.5, 0.6) is 0 Å². The van der Waals surface area contributed by atoms with Gasteiger partial charge in [0.1, 0.15) is 5.82 Å². The van der Waals surface area contributed by atoms with Gasteiger partial charge in [0.05, 0.1) is 6.54 Å². The van der Waals surface area contributed by atoms with Crippen LogP contribution in [0.25, 0.3) is 10.9 Å². The topological polar surface area (TPSA) is 44.9 Å². The summed E-state index contributed by atoms with van der Waals surface area (Å²) in [4.78, 5) is 14.4. The molecule has 2 rings (SSSR count). The van der Waals surface area contributed by atoms with Crippen molar-refractivity contribution in [2.45, 2.75) is 13.5 Å². The average molecular weight is 232 g/mol. The van der Waals surface area contributed by atoms with Crippen molar-refractivity contribution in [1.29, 1.82) is 0 Å². The number of carbonyl (C=O) groups is 1. The third kappa shape index (κ3) is 2.53. The molecule has 0 unspecified atom stereocenters. The molecule has 0 bridgehead atoms. The Hall–Kier alpha value is -2.10. The van der Waals surface area contributed by atoms with Crippen LogP contribution in [-0.4, -0.2) is 10.9 Å². The van der Waals surface area contributed by atoms with Gasteiger partial charge in [-0.1, -0.05) is 6.58 Å². The summed E-state index contributed by atoms with van der Waals surface area (Å²) >= 11 is 0. The van der Waals surface area contributed by atoms with Crippen molar-refractivity contribution in [3.63, 3.8) is 0 Å². The van der Waals surface area contributed by atoms with Crippen LogP contribution < -0.4 is 5.32 Å². The molecule has 1 aromatic heterocycles. The minimum atomic E-state index is -0.269. The quantitative estimate of drug-likeness (QED) is 0.785. The number of halogens is 1. The maximum absolute atomic E-state index is 13.0. The molecule has 0 aliphatic rings. The van der Waals surface area contributed by atoms with E-state index in [-0.39, 0.29) is 11.7 Å². The Morgan fingerprint density at radius 3 is 2.94 bits per heavy atom. The van der Waals surface area contributed by atoms with Gasteiger partial charge in [0.25, 0.3) is 0 Å². The van der Waals surface area contributed by atoms with Gasteiger partial charge in [-0.05, 0) is 31.2 Å². The average Bonchev–Trinajstić information content (AvgIpc) is 2.67. The number of aromatic amines is 1. The second-order valence-electron chi connectivity index (χ2n) is 3.99. The van der Waals surface area contributed by atoms with E-state index >= 15 is 0 Å². The van der Waals surface area contributed by atoms with Crippen molar-refractivity contribution < 1.29 is 9.18 Å². The zero-order chi connectivity index (χ0) is 12.4. The van der Waals surface area contributed by atoms with E-state index < -0.39 is 0 Å². The van der Waals surface area contributed by atoms with E-state index in [0.717, 1.165) is 16.6 Å². The Morgan fingerprint density at radius 2 is 2.24 bits per heavy atom. The molecule has 3 nitrogen and oxygen atoms in total. The Morgan fingerprint density at radius 1 is 1.47 bits per heavy atom. The van der Waals surface area contributed by atoms with Crippen molar-refractivity contribution in [2.75, 3.05) is 0 Å². The van der Waals surface area contributed by atoms with E-state index in [0.29, 0.717) is 12.1 Å². The van der Waals surface area contributed by atoms with Crippen LogP contribution in [0.4, 0.5) is 4.39 Å². The standard InChI is InChI=1S/C13H13FN2O/c1-8(2)13(17)15-7-11-6-9-5-10(14)3-4-12(9)16-11/h3-6,16H,1,7H2,2H3,(H,15,17). The second-order valence-corrected chi connectivity index (χ2v) is 3.99. The number of rotatable bonds is 3. The first-order valence-corrected chi connectivity index (χ1v) is 5.27. The lowest BCUT2D eigenvalue weighted by Gasteiger charge is -2.01. The first-order valence-electron chi connectivity index (χ1n) is 5.27. The van der Waals surface area contributed by atoms with Crippen LogP contribution >= 0.6 is 0 Å². The minimum Gasteiger partial charge on any atom is -0.357 e. The predicted octanol–water partition coefficient (Wildman–Crippen LogP) is 2.50. The Bertz CT molecular complexity index is 586. The fourth-order valence-electron chi connectivity index (χ4n) is 1.59. The second kappa shape index (κ2) is 4.41. The molecule has 0 saturated heterocycles. The van der Waals surface area contributed by atoms with E-state index in [2.05, 4.69) is 16.9 Å². The highest BCUT2D eigenvalue weighted by Gasteiger charge is 2.04. The molecule has 17 heavy (non-hydrogen) atoms. The monoisotopic (exact) mass is 232 g/mol. The number of hydrogen-bond donors (Lipinski definition) is 2. The maximum Gasteiger partial charge on any atom is 0.246 e. The lowest BCUT2D eigenvalue weighted by molar-refractivity contribution is -0.117. The minimum absolute atomic E-state index is 0.185. The van der Waals surface area contributed by atoms with E-state index in [1.54, 1.807) is 13.0 Å². The van der Waals surface area contributed by atoms with Gasteiger partial charge in [-0.15, -0.1) is 0 Å². The maximum atomic E-state index is 13.0. The summed E-state index contributed by atoms with van der Waals surface area (Å²) in [6, 6.07) is 6.34. The third-order valence-electron chi connectivity index (χ3n) is 2.47. The van der Waals surface area contributed by atoms with E-state index in [4.69, 9.17) is 0 Å². The van der Waals surface area contributed by atoms with Gasteiger partial charge in [0.2, 0.25) is 5.91 Å². The van der Waals surface area contributed by atoms with E-state index in [1.807, 2.05) is 6.07 Å². The van der Waals surface area contributed by atoms with Crippen LogP contribution in [0.15, 0.2) is 36.4 Å². The first kappa shape index (κ1) is 11.4. The highest BCUT2D eigenvalue weighted by atomic mass is 19.1. The van der Waals surface area contributed by atoms with Gasteiger partial charge in [-0.2, -0.15) is 0 Å². The van der Waals surface area contributed by atoms with Crippen LogP contribution in [0.1, 0.15) is 12.6 Å². The summed E-state index contributed by atoms with van der Waals surface area (Å²) < 4.78 is 13.0. The van der Waals surface area contributed by atoms with Crippen molar-refractivity contribution >= 4 is 16.8 Å². The molecule has 0 aliphatic carbocycles. The fraction of sp³-hybridized carbons (Fsp3) is 0.154. The lowest BCUT2D eigenvalue weighted by Crippen LogP contribution is -2.23. The van der Waals surface area contributed by atoms with Crippen LogP contribution in [-0.2, 0) is 11.3 Å². The number of fused-ring (bicyclic) bond motifs is 1. The Balaban J connectivity index is 2.14. The highest BCUT2D eigenvalue weighted by Crippen LogP contribution is 2.16. The van der Waals surface area contributed by atoms with Crippen molar-refractivity contribution in [3.05, 3.63) is 47.9 Å². The number of hydrogen-bond acceptors (Lipinski definition) is 1. The van der Waals surface area contributed by atoms with Gasteiger partial charge >= 0.3 is 0 Å². The zero-order valence-corrected chi connectivity index (χ0v) is 9.51. The van der Waals surface area contributed by atoms with Crippen LogP contribution in [0.2, 0.25) is 0 Å². The smallest absolute Gasteiger partial charge is 0.246 e. The molecule has 0 radical (unpaired) electrons. The molecule has 0 atom stereocenters. The van der Waals surface area contributed by atoms with Gasteiger partial charge in [-0.3, -0.25) is 4.79 Å². The number of nitrogens with one attached hydrogen (secondary N) is 2. The van der Waals surface area contributed by atoms with Gasteiger partial charge in [0, 0.05) is 22.2 Å². The molecule has 2 aromatic rings. The first-order chi connectivity index (χ1) is 8.06. The molecule has 88 valence electrons. The van der Waals surface area contributed by atoms with Gasteiger partial charge < -0.3 is 10.3 Å². The molecule has 0 saturated carbocycles. The molecule has 1 amide bonds. The number of amides is 1. The fourth-order valence-corrected chi connectivity index (χ4v) is 1.59. The molecule has 2 N–H and O–H groups in total. The predicted molar refractivity (Wildman–Crippen MR) is 64.9 cm³/mol. The summed E-state index contributed by atoms with van der Waals surface area (Å²) in [5, 5.41) is 3.51. The van der Waals surface area contributed by atoms with Crippen LogP contribution in [0, 0.1) is 5.82 Å². The van der Waals surface area contributed by atoms with Crippen LogP contribution in [0.3, 0.4) is 0 Å². The third-order valence-corrected chi connectivity index (χ3v) is 2.47. The summed E-state index contributed by atoms with van der Waals surface area (Å²) in [5.74, 6) is -0.455. The Kier molecular flexibility index (Phi) is 2.95. The van der Waals surface area contributed by atoms with Crippen molar-refractivity contribution in [3.8, 4) is 0 Å². The number of aromatic nitrogens is 1. The van der Waals surface area contributed by atoms with Crippen molar-refractivity contribution in [2.24, 2.45) is 0 Å². The summed E-state index contributed by atoms with van der Waals surface area (Å²) in [6.07, 6.45) is 0. The van der Waals surface area contributed by atoms with Gasteiger partial charge in [0.15, 0.2) is 0 Å². The number of H-pyrrole nitrogens is 1. The summed E-state index contributed by atoms with van der Waals surface area (Å²) in [7, 11) is 0. The number of carbonyl (C=O) groups excluding carboxylic acids is 1. The molecule has 0 spiro atoms. The largest absolute Gasteiger partial charge is 0.357 e. The molecule has 4 heteroatoms.